The van der Waals surface area contributed by atoms with E-state index in [2.05, 4.69) is 14.9 Å². The zero-order valence-electron chi connectivity index (χ0n) is 25.2. The van der Waals surface area contributed by atoms with Crippen LogP contribution in [0.5, 0.6) is 11.5 Å². The lowest BCUT2D eigenvalue weighted by molar-refractivity contribution is -0.386. The molecule has 2 amide bonds. The van der Waals surface area contributed by atoms with E-state index in [9.17, 15) is 29.3 Å². The topological polar surface area (TPSA) is 228 Å². The van der Waals surface area contributed by atoms with E-state index in [4.69, 9.17) is 34.0 Å². The summed E-state index contributed by atoms with van der Waals surface area (Å²) < 4.78 is 32.0. The molecule has 1 atom stereocenters. The Morgan fingerprint density at radius 1 is 0.978 bits per heavy atom. The quantitative estimate of drug-likeness (QED) is 0.0243. The standard InChI is InChI=1S/C27H37N5O13/c1-19(44-27(36)45-31-25(34)7-8-26(31)35)21-17-23(39-2)24(18-22(21)32(37)38)43-11-4-6-20(33)5-3-10-40-13-15-42-16-14-41-12-9-29-30-28/h17-19H,3-16H2,1-2H3. The summed E-state index contributed by atoms with van der Waals surface area (Å²) in [7, 11) is 1.32. The van der Waals surface area contributed by atoms with Crippen LogP contribution >= 0.6 is 0 Å². The van der Waals surface area contributed by atoms with E-state index in [1.807, 2.05) is 0 Å². The molecule has 1 fully saturated rings. The number of Topliss-reactive ketones (excluding diaryl/α,β-unsaturated/α-hetero) is 1. The Morgan fingerprint density at radius 3 is 2.18 bits per heavy atom. The molecule has 0 aromatic heterocycles. The molecular weight excluding hydrogens is 602 g/mol. The molecule has 1 aromatic rings. The highest BCUT2D eigenvalue weighted by molar-refractivity contribution is 6.01. The average molecular weight is 640 g/mol. The molecule has 1 saturated heterocycles. The average Bonchev–Trinajstić information content (AvgIpc) is 3.33. The summed E-state index contributed by atoms with van der Waals surface area (Å²) in [6.07, 6.45) is -1.35. The number of imide groups is 1. The van der Waals surface area contributed by atoms with Gasteiger partial charge in [0, 0.05) is 43.7 Å². The van der Waals surface area contributed by atoms with Gasteiger partial charge in [0.05, 0.1) is 63.3 Å². The number of ketones is 1. The number of benzene rings is 1. The predicted molar refractivity (Wildman–Crippen MR) is 152 cm³/mol. The predicted octanol–water partition coefficient (Wildman–Crippen LogP) is 3.75. The fourth-order valence-electron chi connectivity index (χ4n) is 3.92. The zero-order valence-corrected chi connectivity index (χ0v) is 25.2. The normalized spacial score (nSPS) is 13.2. The molecule has 18 heteroatoms. The van der Waals surface area contributed by atoms with Gasteiger partial charge in [0.25, 0.3) is 17.5 Å². The summed E-state index contributed by atoms with van der Waals surface area (Å²) in [5.74, 6) is -1.21. The Kier molecular flexibility index (Phi) is 16.7. The third kappa shape index (κ3) is 13.3. The molecule has 2 rings (SSSR count). The van der Waals surface area contributed by atoms with E-state index in [1.54, 1.807) is 0 Å². The Balaban J connectivity index is 1.71. The van der Waals surface area contributed by atoms with Crippen LogP contribution in [0.15, 0.2) is 17.2 Å². The van der Waals surface area contributed by atoms with Gasteiger partial charge in [-0.15, -0.1) is 0 Å². The largest absolute Gasteiger partial charge is 0.534 e. The number of carbonyl (C=O) groups excluding carboxylic acids is 4. The summed E-state index contributed by atoms with van der Waals surface area (Å²) in [6, 6.07) is 2.39. The minimum Gasteiger partial charge on any atom is -0.493 e. The van der Waals surface area contributed by atoms with Crippen molar-refractivity contribution in [3.05, 3.63) is 38.3 Å². The number of azide groups is 1. The van der Waals surface area contributed by atoms with E-state index < -0.39 is 34.7 Å². The Morgan fingerprint density at radius 2 is 1.58 bits per heavy atom. The molecule has 248 valence electrons. The minimum absolute atomic E-state index is 0.0137. The van der Waals surface area contributed by atoms with Gasteiger partial charge in [-0.05, 0) is 31.4 Å². The fourth-order valence-corrected chi connectivity index (χ4v) is 3.92. The number of hydrogen-bond acceptors (Lipinski definition) is 14. The summed E-state index contributed by atoms with van der Waals surface area (Å²) in [6.45, 7) is 3.97. The van der Waals surface area contributed by atoms with Crippen molar-refractivity contribution in [1.29, 1.82) is 0 Å². The molecule has 1 aromatic carbocycles. The van der Waals surface area contributed by atoms with Gasteiger partial charge in [0.15, 0.2) is 11.5 Å². The molecule has 0 saturated carbocycles. The molecule has 0 radical (unpaired) electrons. The third-order valence-corrected chi connectivity index (χ3v) is 6.14. The first-order chi connectivity index (χ1) is 21.7. The summed E-state index contributed by atoms with van der Waals surface area (Å²) >= 11 is 0. The molecular formula is C27H37N5O13. The number of hydroxylamine groups is 2. The SMILES string of the molecule is COc1cc(C(C)OC(=O)ON2C(=O)CCC2=O)c([N+](=O)[O-])cc1OCCCC(=O)CCCOCCOCCOCCN=[N+]=[N-]. The van der Waals surface area contributed by atoms with Gasteiger partial charge in [-0.25, -0.2) is 4.79 Å². The molecule has 1 heterocycles. The number of ether oxygens (including phenoxy) is 6. The minimum atomic E-state index is -1.39. The Labute approximate surface area is 258 Å². The van der Waals surface area contributed by atoms with Crippen molar-refractivity contribution in [2.45, 2.75) is 51.6 Å². The summed E-state index contributed by atoms with van der Waals surface area (Å²) in [5.41, 5.74) is 7.67. The van der Waals surface area contributed by atoms with Crippen LogP contribution in [-0.4, -0.2) is 93.6 Å². The monoisotopic (exact) mass is 639 g/mol. The second kappa shape index (κ2) is 20.4. The smallest absolute Gasteiger partial charge is 0.493 e. The number of nitro groups is 1. The van der Waals surface area contributed by atoms with Gasteiger partial charge in [-0.2, -0.15) is 0 Å². The van der Waals surface area contributed by atoms with Gasteiger partial charge >= 0.3 is 6.16 Å². The van der Waals surface area contributed by atoms with Gasteiger partial charge < -0.3 is 28.4 Å². The van der Waals surface area contributed by atoms with Gasteiger partial charge in [0.1, 0.15) is 11.9 Å². The van der Waals surface area contributed by atoms with Gasteiger partial charge in [-0.1, -0.05) is 10.2 Å². The van der Waals surface area contributed by atoms with Crippen LogP contribution in [0.1, 0.15) is 57.1 Å². The number of nitro benzene ring substituents is 1. The lowest BCUT2D eigenvalue weighted by atomic mass is 10.1. The first-order valence-corrected chi connectivity index (χ1v) is 14.2. The number of rotatable bonds is 23. The van der Waals surface area contributed by atoms with Crippen LogP contribution in [0.3, 0.4) is 0 Å². The molecule has 0 spiro atoms. The van der Waals surface area contributed by atoms with Crippen LogP contribution in [0, 0.1) is 10.1 Å². The van der Waals surface area contributed by atoms with E-state index in [-0.39, 0.29) is 55.3 Å². The first kappa shape index (κ1) is 36.7. The zero-order chi connectivity index (χ0) is 33.0. The van der Waals surface area contributed by atoms with E-state index >= 15 is 0 Å². The molecule has 0 aliphatic carbocycles. The maximum Gasteiger partial charge on any atom is 0.534 e. The number of carbonyl (C=O) groups is 4. The lowest BCUT2D eigenvalue weighted by Crippen LogP contribution is -2.32. The van der Waals surface area contributed by atoms with Crippen LogP contribution in [0.2, 0.25) is 0 Å². The molecule has 0 bridgehead atoms. The van der Waals surface area contributed by atoms with E-state index in [0.717, 1.165) is 6.07 Å². The molecule has 1 aliphatic rings. The number of hydrogen-bond donors (Lipinski definition) is 0. The Bertz CT molecular complexity index is 1210. The first-order valence-electron chi connectivity index (χ1n) is 14.2. The number of nitrogens with zero attached hydrogens (tertiary/aromatic N) is 5. The second-order valence-electron chi connectivity index (χ2n) is 9.39. The molecule has 18 nitrogen and oxygen atoms in total. The van der Waals surface area contributed by atoms with Crippen molar-refractivity contribution in [2.75, 3.05) is 59.9 Å². The lowest BCUT2D eigenvalue weighted by Gasteiger charge is -2.18. The molecule has 1 unspecified atom stereocenters. The maximum absolute atomic E-state index is 12.2. The van der Waals surface area contributed by atoms with Gasteiger partial charge in [-0.3, -0.25) is 29.3 Å². The van der Waals surface area contributed by atoms with E-state index in [0.29, 0.717) is 64.0 Å². The van der Waals surface area contributed by atoms with Crippen molar-refractivity contribution in [3.8, 4) is 11.5 Å². The van der Waals surface area contributed by atoms with Crippen LogP contribution < -0.4 is 9.47 Å². The van der Waals surface area contributed by atoms with Crippen LogP contribution in [0.25, 0.3) is 10.4 Å². The number of amides is 2. The van der Waals surface area contributed by atoms with Crippen molar-refractivity contribution in [3.63, 3.8) is 0 Å². The van der Waals surface area contributed by atoms with Gasteiger partial charge in [0.2, 0.25) is 0 Å². The fraction of sp³-hybridized carbons (Fsp3) is 0.630. The number of methoxy groups -OCH3 is 1. The van der Waals surface area contributed by atoms with Crippen LogP contribution in [0.4, 0.5) is 10.5 Å². The highest BCUT2D eigenvalue weighted by atomic mass is 16.8. The van der Waals surface area contributed by atoms with Crippen LogP contribution in [-0.2, 0) is 38.2 Å². The van der Waals surface area contributed by atoms with Crippen molar-refractivity contribution >= 4 is 29.4 Å². The van der Waals surface area contributed by atoms with Crippen molar-refractivity contribution < 1.29 is 57.4 Å². The highest BCUT2D eigenvalue weighted by Crippen LogP contribution is 2.38. The molecule has 1 aliphatic heterocycles. The van der Waals surface area contributed by atoms with Crippen molar-refractivity contribution in [1.82, 2.24) is 5.06 Å². The summed E-state index contributed by atoms with van der Waals surface area (Å²) in [5, 5.41) is 15.4. The van der Waals surface area contributed by atoms with E-state index in [1.165, 1.54) is 20.1 Å². The summed E-state index contributed by atoms with van der Waals surface area (Å²) in [4.78, 5) is 66.0. The molecule has 45 heavy (non-hydrogen) atoms. The Hall–Kier alpha value is -4.51. The highest BCUT2D eigenvalue weighted by Gasteiger charge is 2.34. The van der Waals surface area contributed by atoms with Crippen molar-refractivity contribution in [2.24, 2.45) is 5.11 Å². The maximum atomic E-state index is 12.2. The molecule has 0 N–H and O–H groups in total. The second-order valence-corrected chi connectivity index (χ2v) is 9.39. The third-order valence-electron chi connectivity index (χ3n) is 6.14.